The highest BCUT2D eigenvalue weighted by Gasteiger charge is 2.45. The predicted octanol–water partition coefficient (Wildman–Crippen LogP) is 5.37. The Balaban J connectivity index is 1.96. The zero-order valence-corrected chi connectivity index (χ0v) is 13.2. The molecule has 1 heterocycles. The first-order valence-corrected chi connectivity index (χ1v) is 8.10. The summed E-state index contributed by atoms with van der Waals surface area (Å²) in [4.78, 5) is 0.948. The van der Waals surface area contributed by atoms with Crippen LogP contribution < -0.4 is 5.32 Å². The number of rotatable bonds is 3. The molecule has 19 heavy (non-hydrogen) atoms. The number of alkyl halides is 3. The van der Waals surface area contributed by atoms with E-state index in [-0.39, 0.29) is 6.42 Å². The molecule has 1 aromatic rings. The summed E-state index contributed by atoms with van der Waals surface area (Å²) in [6.45, 7) is 0.438. The van der Waals surface area contributed by atoms with Crippen molar-refractivity contribution in [1.29, 1.82) is 0 Å². The normalized spacial score (nSPS) is 24.7. The van der Waals surface area contributed by atoms with Crippen LogP contribution in [0.1, 0.15) is 30.6 Å². The van der Waals surface area contributed by atoms with Gasteiger partial charge in [-0.25, -0.2) is 0 Å². The summed E-state index contributed by atoms with van der Waals surface area (Å²) in [5, 5.41) is 3.05. The Bertz CT molecular complexity index is 416. The van der Waals surface area contributed by atoms with Crippen LogP contribution in [0.25, 0.3) is 0 Å². The summed E-state index contributed by atoms with van der Waals surface area (Å²) < 4.78 is 40.2. The Labute approximate surface area is 127 Å². The van der Waals surface area contributed by atoms with Gasteiger partial charge in [0.05, 0.1) is 5.92 Å². The minimum atomic E-state index is -4.11. The van der Waals surface area contributed by atoms with Crippen LogP contribution in [-0.4, -0.2) is 12.2 Å². The third-order valence-corrected chi connectivity index (χ3v) is 5.90. The molecule has 0 amide bonds. The van der Waals surface area contributed by atoms with E-state index in [4.69, 9.17) is 11.6 Å². The van der Waals surface area contributed by atoms with E-state index >= 15 is 0 Å². The molecule has 0 saturated heterocycles. The topological polar surface area (TPSA) is 12.0 Å². The highest BCUT2D eigenvalue weighted by atomic mass is 79.9. The summed E-state index contributed by atoms with van der Waals surface area (Å²) in [7, 11) is 0. The van der Waals surface area contributed by atoms with Crippen molar-refractivity contribution < 1.29 is 13.2 Å². The molecule has 1 N–H and O–H groups in total. The van der Waals surface area contributed by atoms with Crippen LogP contribution in [0.3, 0.4) is 0 Å². The van der Waals surface area contributed by atoms with E-state index < -0.39 is 18.1 Å². The first-order valence-electron chi connectivity index (χ1n) is 6.11. The number of thiophene rings is 1. The van der Waals surface area contributed by atoms with E-state index in [1.54, 1.807) is 0 Å². The number of hydrogen-bond donors (Lipinski definition) is 1. The molecule has 1 nitrogen and oxygen atoms in total. The van der Waals surface area contributed by atoms with Crippen molar-refractivity contribution in [3.8, 4) is 0 Å². The van der Waals surface area contributed by atoms with E-state index in [0.29, 0.717) is 23.7 Å². The van der Waals surface area contributed by atoms with E-state index in [2.05, 4.69) is 21.2 Å². The van der Waals surface area contributed by atoms with Crippen LogP contribution in [0.5, 0.6) is 0 Å². The molecule has 0 spiro atoms. The van der Waals surface area contributed by atoms with Gasteiger partial charge in [0.1, 0.15) is 4.34 Å². The molecule has 0 bridgehead atoms. The molecular weight excluding hydrogens is 363 g/mol. The Morgan fingerprint density at radius 3 is 2.63 bits per heavy atom. The van der Waals surface area contributed by atoms with Gasteiger partial charge in [0.25, 0.3) is 0 Å². The van der Waals surface area contributed by atoms with Crippen molar-refractivity contribution in [2.75, 3.05) is 0 Å². The molecule has 2 unspecified atom stereocenters. The van der Waals surface area contributed by atoms with Crippen molar-refractivity contribution in [3.63, 3.8) is 0 Å². The molecule has 108 valence electrons. The van der Waals surface area contributed by atoms with Gasteiger partial charge in [-0.1, -0.05) is 24.4 Å². The molecule has 1 aromatic heterocycles. The lowest BCUT2D eigenvalue weighted by Crippen LogP contribution is -2.45. The Morgan fingerprint density at radius 1 is 1.37 bits per heavy atom. The number of hydrogen-bond acceptors (Lipinski definition) is 2. The molecule has 0 radical (unpaired) electrons. The van der Waals surface area contributed by atoms with Gasteiger partial charge in [0.15, 0.2) is 0 Å². The third kappa shape index (κ3) is 4.09. The van der Waals surface area contributed by atoms with Crippen LogP contribution >= 0.6 is 38.9 Å². The average molecular weight is 377 g/mol. The van der Waals surface area contributed by atoms with Crippen LogP contribution in [-0.2, 0) is 6.54 Å². The zero-order valence-electron chi connectivity index (χ0n) is 10.1. The first-order chi connectivity index (χ1) is 8.88. The maximum atomic E-state index is 12.9. The van der Waals surface area contributed by atoms with Crippen LogP contribution in [0, 0.1) is 5.92 Å². The summed E-state index contributed by atoms with van der Waals surface area (Å²) in [6, 6.07) is 1.37. The SMILES string of the molecule is FC(F)(F)C1CCCCC1NCc1cc(Br)c(Cl)s1. The van der Waals surface area contributed by atoms with Gasteiger partial charge < -0.3 is 5.32 Å². The molecule has 2 atom stereocenters. The standard InChI is InChI=1S/C12H14BrClF3NS/c13-9-5-7(19-11(9)14)6-18-10-4-2-1-3-8(10)12(15,16)17/h5,8,10,18H,1-4,6H2. The number of halogens is 5. The second-order valence-corrected chi connectivity index (χ2v) is 7.35. The van der Waals surface area contributed by atoms with E-state index in [0.717, 1.165) is 15.8 Å². The third-order valence-electron chi connectivity index (χ3n) is 3.42. The summed E-state index contributed by atoms with van der Waals surface area (Å²) >= 11 is 10.6. The second kappa shape index (κ2) is 6.33. The van der Waals surface area contributed by atoms with E-state index in [9.17, 15) is 13.2 Å². The molecule has 1 aliphatic carbocycles. The van der Waals surface area contributed by atoms with Crippen LogP contribution in [0.2, 0.25) is 4.34 Å². The minimum Gasteiger partial charge on any atom is -0.308 e. The van der Waals surface area contributed by atoms with Gasteiger partial charge in [0, 0.05) is 21.9 Å². The minimum absolute atomic E-state index is 0.232. The van der Waals surface area contributed by atoms with Gasteiger partial charge >= 0.3 is 6.18 Å². The van der Waals surface area contributed by atoms with Crippen molar-refractivity contribution in [2.45, 2.75) is 44.4 Å². The van der Waals surface area contributed by atoms with Crippen LogP contribution in [0.15, 0.2) is 10.5 Å². The lowest BCUT2D eigenvalue weighted by Gasteiger charge is -2.33. The predicted molar refractivity (Wildman–Crippen MR) is 75.7 cm³/mol. The summed E-state index contributed by atoms with van der Waals surface area (Å²) in [5.74, 6) is -1.22. The fraction of sp³-hybridized carbons (Fsp3) is 0.667. The summed E-state index contributed by atoms with van der Waals surface area (Å²) in [6.07, 6.45) is -1.76. The van der Waals surface area contributed by atoms with Gasteiger partial charge in [0.2, 0.25) is 0 Å². The second-order valence-electron chi connectivity index (χ2n) is 4.75. The van der Waals surface area contributed by atoms with Gasteiger partial charge in [-0.15, -0.1) is 11.3 Å². The molecule has 1 aliphatic rings. The van der Waals surface area contributed by atoms with Crippen molar-refractivity contribution in [3.05, 3.63) is 19.8 Å². The Hall–Kier alpha value is 0.220. The molecule has 1 fully saturated rings. The summed E-state index contributed by atoms with van der Waals surface area (Å²) in [5.41, 5.74) is 0. The Kier molecular flexibility index (Phi) is 5.20. The maximum Gasteiger partial charge on any atom is 0.393 e. The fourth-order valence-electron chi connectivity index (χ4n) is 2.48. The smallest absolute Gasteiger partial charge is 0.308 e. The average Bonchev–Trinajstić information content (AvgIpc) is 2.65. The largest absolute Gasteiger partial charge is 0.393 e. The van der Waals surface area contributed by atoms with Crippen molar-refractivity contribution in [2.24, 2.45) is 5.92 Å². The van der Waals surface area contributed by atoms with Gasteiger partial charge in [-0.3, -0.25) is 0 Å². The van der Waals surface area contributed by atoms with Gasteiger partial charge in [-0.05, 0) is 34.8 Å². The van der Waals surface area contributed by atoms with Crippen molar-refractivity contribution >= 4 is 38.9 Å². The maximum absolute atomic E-state index is 12.9. The lowest BCUT2D eigenvalue weighted by molar-refractivity contribution is -0.189. The molecular formula is C12H14BrClF3NS. The van der Waals surface area contributed by atoms with E-state index in [1.165, 1.54) is 11.3 Å². The highest BCUT2D eigenvalue weighted by molar-refractivity contribution is 9.10. The van der Waals surface area contributed by atoms with E-state index in [1.807, 2.05) is 6.07 Å². The van der Waals surface area contributed by atoms with Gasteiger partial charge in [-0.2, -0.15) is 13.2 Å². The molecule has 2 rings (SSSR count). The monoisotopic (exact) mass is 375 g/mol. The molecule has 7 heteroatoms. The quantitative estimate of drug-likeness (QED) is 0.747. The molecule has 0 aliphatic heterocycles. The zero-order chi connectivity index (χ0) is 14.0. The lowest BCUT2D eigenvalue weighted by atomic mass is 9.84. The highest BCUT2D eigenvalue weighted by Crippen LogP contribution is 2.38. The Morgan fingerprint density at radius 2 is 2.05 bits per heavy atom. The van der Waals surface area contributed by atoms with Crippen LogP contribution in [0.4, 0.5) is 13.2 Å². The molecule has 1 saturated carbocycles. The van der Waals surface area contributed by atoms with Crippen molar-refractivity contribution in [1.82, 2.24) is 5.32 Å². The molecule has 0 aromatic carbocycles. The number of nitrogens with one attached hydrogen (secondary N) is 1. The fourth-order valence-corrected chi connectivity index (χ4v) is 4.22. The first kappa shape index (κ1) is 15.6.